The Balaban J connectivity index is 2.50. The van der Waals surface area contributed by atoms with Crippen LogP contribution in [0, 0.1) is 12.8 Å². The highest BCUT2D eigenvalue weighted by Gasteiger charge is 2.04. The van der Waals surface area contributed by atoms with Crippen LogP contribution >= 0.6 is 0 Å². The fraction of sp³-hybridized carbons (Fsp3) is 0.500. The molecule has 18 heavy (non-hydrogen) atoms. The lowest BCUT2D eigenvalue weighted by atomic mass is 10.2. The van der Waals surface area contributed by atoms with Crippen LogP contribution < -0.4 is 15.4 Å². The minimum Gasteiger partial charge on any atom is -0.497 e. The Morgan fingerprint density at radius 2 is 2.11 bits per heavy atom. The first-order chi connectivity index (χ1) is 8.52. The maximum atomic E-state index is 11.6. The average Bonchev–Trinajstić information content (AvgIpc) is 2.35. The van der Waals surface area contributed by atoms with Gasteiger partial charge in [-0.2, -0.15) is 0 Å². The van der Waals surface area contributed by atoms with Crippen molar-refractivity contribution in [3.05, 3.63) is 23.8 Å². The fourth-order valence-corrected chi connectivity index (χ4v) is 1.47. The van der Waals surface area contributed by atoms with Crippen molar-refractivity contribution in [1.82, 2.24) is 5.32 Å². The maximum Gasteiger partial charge on any atom is 0.239 e. The summed E-state index contributed by atoms with van der Waals surface area (Å²) in [6.45, 7) is 7.12. The van der Waals surface area contributed by atoms with Crippen LogP contribution in [0.3, 0.4) is 0 Å². The van der Waals surface area contributed by atoms with Gasteiger partial charge < -0.3 is 15.4 Å². The second-order valence-corrected chi connectivity index (χ2v) is 4.73. The molecule has 0 fully saturated rings. The molecule has 100 valence electrons. The number of ether oxygens (including phenoxy) is 1. The summed E-state index contributed by atoms with van der Waals surface area (Å²) in [6, 6.07) is 5.76. The number of methoxy groups -OCH3 is 1. The van der Waals surface area contributed by atoms with Gasteiger partial charge in [-0.3, -0.25) is 4.79 Å². The fourth-order valence-electron chi connectivity index (χ4n) is 1.47. The van der Waals surface area contributed by atoms with Crippen LogP contribution in [0.25, 0.3) is 0 Å². The molecule has 0 atom stereocenters. The predicted molar refractivity (Wildman–Crippen MR) is 74.1 cm³/mol. The number of amides is 1. The van der Waals surface area contributed by atoms with Gasteiger partial charge in [-0.15, -0.1) is 0 Å². The lowest BCUT2D eigenvalue weighted by Crippen LogP contribution is -2.32. The van der Waals surface area contributed by atoms with E-state index in [4.69, 9.17) is 4.74 Å². The molecule has 1 aromatic rings. The van der Waals surface area contributed by atoms with Gasteiger partial charge in [0.1, 0.15) is 5.75 Å². The van der Waals surface area contributed by atoms with Gasteiger partial charge in [-0.25, -0.2) is 0 Å². The molecule has 0 bridgehead atoms. The number of nitrogens with one attached hydrogen (secondary N) is 2. The van der Waals surface area contributed by atoms with E-state index in [0.29, 0.717) is 12.5 Å². The van der Waals surface area contributed by atoms with E-state index in [9.17, 15) is 4.79 Å². The number of rotatable bonds is 6. The van der Waals surface area contributed by atoms with E-state index in [0.717, 1.165) is 17.0 Å². The third kappa shape index (κ3) is 4.65. The van der Waals surface area contributed by atoms with E-state index in [2.05, 4.69) is 24.5 Å². The van der Waals surface area contributed by atoms with Crippen LogP contribution in [0.4, 0.5) is 5.69 Å². The first-order valence-corrected chi connectivity index (χ1v) is 6.18. The molecule has 0 saturated heterocycles. The second-order valence-electron chi connectivity index (χ2n) is 4.73. The number of hydrogen-bond donors (Lipinski definition) is 2. The summed E-state index contributed by atoms with van der Waals surface area (Å²) >= 11 is 0. The molecule has 1 aromatic carbocycles. The van der Waals surface area contributed by atoms with E-state index < -0.39 is 0 Å². The Kier molecular flexibility index (Phi) is 5.49. The minimum absolute atomic E-state index is 0.00548. The Hall–Kier alpha value is -1.71. The summed E-state index contributed by atoms with van der Waals surface area (Å²) in [5.41, 5.74) is 2.02. The molecule has 0 radical (unpaired) electrons. The van der Waals surface area contributed by atoms with Gasteiger partial charge in [0.2, 0.25) is 5.91 Å². The molecule has 0 aromatic heterocycles. The van der Waals surface area contributed by atoms with Crippen molar-refractivity contribution in [2.24, 2.45) is 5.92 Å². The van der Waals surface area contributed by atoms with Crippen molar-refractivity contribution >= 4 is 11.6 Å². The van der Waals surface area contributed by atoms with Gasteiger partial charge in [0.15, 0.2) is 0 Å². The standard InChI is InChI=1S/C14H22N2O2/c1-10(2)8-16-14(17)9-15-13-7-12(18-4)6-5-11(13)3/h5-7,10,15H,8-9H2,1-4H3,(H,16,17). The highest BCUT2D eigenvalue weighted by Crippen LogP contribution is 2.21. The number of hydrogen-bond acceptors (Lipinski definition) is 3. The van der Waals surface area contributed by atoms with Crippen LogP contribution in [0.2, 0.25) is 0 Å². The summed E-state index contributed by atoms with van der Waals surface area (Å²) in [6.07, 6.45) is 0. The summed E-state index contributed by atoms with van der Waals surface area (Å²) < 4.78 is 5.16. The van der Waals surface area contributed by atoms with E-state index in [1.165, 1.54) is 0 Å². The quantitative estimate of drug-likeness (QED) is 0.813. The number of aryl methyl sites for hydroxylation is 1. The zero-order valence-electron chi connectivity index (χ0n) is 11.5. The Labute approximate surface area is 109 Å². The molecule has 4 nitrogen and oxygen atoms in total. The number of benzene rings is 1. The lowest BCUT2D eigenvalue weighted by molar-refractivity contribution is -0.119. The van der Waals surface area contributed by atoms with Crippen LogP contribution in [-0.2, 0) is 4.79 Å². The van der Waals surface area contributed by atoms with Crippen LogP contribution in [-0.4, -0.2) is 26.1 Å². The van der Waals surface area contributed by atoms with Gasteiger partial charge in [0.05, 0.1) is 13.7 Å². The van der Waals surface area contributed by atoms with Crippen molar-refractivity contribution < 1.29 is 9.53 Å². The number of carbonyl (C=O) groups excluding carboxylic acids is 1. The third-order valence-corrected chi connectivity index (χ3v) is 2.59. The SMILES string of the molecule is COc1ccc(C)c(NCC(=O)NCC(C)C)c1. The first-order valence-electron chi connectivity index (χ1n) is 6.18. The van der Waals surface area contributed by atoms with Crippen molar-refractivity contribution in [2.45, 2.75) is 20.8 Å². The Morgan fingerprint density at radius 3 is 2.72 bits per heavy atom. The first kappa shape index (κ1) is 14.4. The maximum absolute atomic E-state index is 11.6. The highest BCUT2D eigenvalue weighted by atomic mass is 16.5. The smallest absolute Gasteiger partial charge is 0.239 e. The number of carbonyl (C=O) groups is 1. The topological polar surface area (TPSA) is 50.4 Å². The van der Waals surface area contributed by atoms with E-state index in [-0.39, 0.29) is 12.5 Å². The minimum atomic E-state index is 0.00548. The molecule has 0 heterocycles. The molecule has 0 aliphatic heterocycles. The van der Waals surface area contributed by atoms with E-state index >= 15 is 0 Å². The summed E-state index contributed by atoms with van der Waals surface area (Å²) in [5, 5.41) is 5.99. The van der Waals surface area contributed by atoms with Gasteiger partial charge in [-0.1, -0.05) is 19.9 Å². The Morgan fingerprint density at radius 1 is 1.39 bits per heavy atom. The third-order valence-electron chi connectivity index (χ3n) is 2.59. The monoisotopic (exact) mass is 250 g/mol. The zero-order valence-corrected chi connectivity index (χ0v) is 11.5. The molecule has 4 heteroatoms. The van der Waals surface area contributed by atoms with Gasteiger partial charge in [-0.05, 0) is 24.5 Å². The molecular weight excluding hydrogens is 228 g/mol. The van der Waals surface area contributed by atoms with Gasteiger partial charge >= 0.3 is 0 Å². The molecular formula is C14H22N2O2. The largest absolute Gasteiger partial charge is 0.497 e. The van der Waals surface area contributed by atoms with Crippen LogP contribution in [0.5, 0.6) is 5.75 Å². The highest BCUT2D eigenvalue weighted by molar-refractivity contribution is 5.81. The molecule has 0 aliphatic carbocycles. The molecule has 2 N–H and O–H groups in total. The Bertz CT molecular complexity index is 403. The van der Waals surface area contributed by atoms with E-state index in [1.54, 1.807) is 7.11 Å². The molecule has 0 aliphatic rings. The van der Waals surface area contributed by atoms with E-state index in [1.807, 2.05) is 25.1 Å². The summed E-state index contributed by atoms with van der Waals surface area (Å²) in [7, 11) is 1.63. The molecule has 0 spiro atoms. The van der Waals surface area contributed by atoms with Crippen molar-refractivity contribution in [2.75, 3.05) is 25.5 Å². The van der Waals surface area contributed by atoms with Crippen molar-refractivity contribution in [3.63, 3.8) is 0 Å². The predicted octanol–water partition coefficient (Wildman–Crippen LogP) is 2.19. The van der Waals surface area contributed by atoms with Gasteiger partial charge in [0.25, 0.3) is 0 Å². The lowest BCUT2D eigenvalue weighted by Gasteiger charge is -2.12. The van der Waals surface area contributed by atoms with Crippen molar-refractivity contribution in [3.8, 4) is 5.75 Å². The molecule has 0 saturated carbocycles. The summed E-state index contributed by atoms with van der Waals surface area (Å²) in [5.74, 6) is 1.25. The zero-order chi connectivity index (χ0) is 13.5. The normalized spacial score (nSPS) is 10.3. The molecule has 0 unspecified atom stereocenters. The second kappa shape index (κ2) is 6.89. The van der Waals surface area contributed by atoms with Crippen molar-refractivity contribution in [1.29, 1.82) is 0 Å². The molecule has 1 rings (SSSR count). The van der Waals surface area contributed by atoms with Gasteiger partial charge in [0, 0.05) is 18.3 Å². The average molecular weight is 250 g/mol. The van der Waals surface area contributed by atoms with Crippen LogP contribution in [0.1, 0.15) is 19.4 Å². The summed E-state index contributed by atoms with van der Waals surface area (Å²) in [4.78, 5) is 11.6. The number of anilines is 1. The van der Waals surface area contributed by atoms with Crippen LogP contribution in [0.15, 0.2) is 18.2 Å². The molecule has 1 amide bonds.